The number of furan rings is 1. The number of carbonyl (C=O) groups excluding carboxylic acids is 3. The molecule has 2 aromatic carbocycles. The Bertz CT molecular complexity index is 1230. The van der Waals surface area contributed by atoms with Crippen LogP contribution in [-0.4, -0.2) is 35.2 Å². The van der Waals surface area contributed by atoms with Gasteiger partial charge >= 0.3 is 0 Å². The number of benzene rings is 2. The molecule has 1 atom stereocenters. The van der Waals surface area contributed by atoms with Crippen molar-refractivity contribution in [3.8, 4) is 0 Å². The summed E-state index contributed by atoms with van der Waals surface area (Å²) in [6.07, 6.45) is 1.49. The Balaban J connectivity index is 1.39. The molecule has 0 spiro atoms. The van der Waals surface area contributed by atoms with E-state index in [0.29, 0.717) is 42.1 Å². The van der Waals surface area contributed by atoms with Crippen LogP contribution in [0.15, 0.2) is 65.1 Å². The Hall–Kier alpha value is -3.87. The first-order valence-corrected chi connectivity index (χ1v) is 11.1. The first-order chi connectivity index (χ1) is 16.0. The normalized spacial score (nSPS) is 17.5. The second kappa shape index (κ2) is 8.58. The molecule has 0 unspecified atom stereocenters. The molecule has 3 aromatic rings. The molecule has 1 aromatic heterocycles. The summed E-state index contributed by atoms with van der Waals surface area (Å²) in [4.78, 5) is 42.6. The molecule has 0 radical (unpaired) electrons. The third kappa shape index (κ3) is 4.02. The molecule has 168 valence electrons. The number of amides is 3. The molecule has 1 N–H and O–H groups in total. The Morgan fingerprint density at radius 3 is 2.76 bits per heavy atom. The maximum atomic E-state index is 13.5. The molecule has 5 rings (SSSR count). The molecule has 0 bridgehead atoms. The topological polar surface area (TPSA) is 82.9 Å². The third-order valence-corrected chi connectivity index (χ3v) is 6.24. The van der Waals surface area contributed by atoms with Gasteiger partial charge in [-0.2, -0.15) is 0 Å². The first kappa shape index (κ1) is 21.0. The van der Waals surface area contributed by atoms with E-state index < -0.39 is 6.04 Å². The van der Waals surface area contributed by atoms with Gasteiger partial charge in [-0.05, 0) is 61.7 Å². The van der Waals surface area contributed by atoms with Gasteiger partial charge in [0.2, 0.25) is 5.91 Å². The Morgan fingerprint density at radius 2 is 1.94 bits per heavy atom. The number of anilines is 1. The summed E-state index contributed by atoms with van der Waals surface area (Å²) in [5.74, 6) is 1.10. The van der Waals surface area contributed by atoms with Crippen molar-refractivity contribution in [1.29, 1.82) is 0 Å². The molecule has 2 aliphatic heterocycles. The van der Waals surface area contributed by atoms with Crippen molar-refractivity contribution in [2.75, 3.05) is 11.4 Å². The van der Waals surface area contributed by atoms with Crippen molar-refractivity contribution in [3.05, 3.63) is 88.9 Å². The number of fused-ring (bicyclic) bond motifs is 2. The minimum Gasteiger partial charge on any atom is -0.465 e. The SMILES string of the molecule is Cc1ccc(CNC(=O)c2cccc(CN3C(=O)[C@@H]4CCCN4C(=O)c4ccccc43)c2)o1. The van der Waals surface area contributed by atoms with Crippen LogP contribution >= 0.6 is 0 Å². The first-order valence-electron chi connectivity index (χ1n) is 11.1. The maximum Gasteiger partial charge on any atom is 0.256 e. The van der Waals surface area contributed by atoms with Gasteiger partial charge in [0.15, 0.2) is 0 Å². The van der Waals surface area contributed by atoms with Crippen molar-refractivity contribution < 1.29 is 18.8 Å². The maximum absolute atomic E-state index is 13.5. The van der Waals surface area contributed by atoms with Gasteiger partial charge in [0.1, 0.15) is 17.6 Å². The van der Waals surface area contributed by atoms with E-state index in [1.165, 1.54) is 0 Å². The lowest BCUT2D eigenvalue weighted by Crippen LogP contribution is -2.44. The highest BCUT2D eigenvalue weighted by Gasteiger charge is 2.41. The standard InChI is InChI=1S/C26H25N3O4/c1-17-11-12-20(33-17)15-27-24(30)19-7-4-6-18(14-19)16-29-22-9-3-2-8-21(22)25(31)28-13-5-10-23(28)26(29)32/h2-4,6-9,11-12,14,23H,5,10,13,15-16H2,1H3,(H,27,30)/t23-/m0/s1. The molecule has 1 saturated heterocycles. The molecule has 0 aliphatic carbocycles. The number of nitrogens with one attached hydrogen (secondary N) is 1. The fourth-order valence-electron chi connectivity index (χ4n) is 4.62. The molecule has 7 nitrogen and oxygen atoms in total. The fourth-order valence-corrected chi connectivity index (χ4v) is 4.62. The van der Waals surface area contributed by atoms with Crippen LogP contribution in [0.25, 0.3) is 0 Å². The van der Waals surface area contributed by atoms with Crippen molar-refractivity contribution in [2.24, 2.45) is 0 Å². The number of rotatable bonds is 5. The van der Waals surface area contributed by atoms with Crippen LogP contribution in [0.2, 0.25) is 0 Å². The van der Waals surface area contributed by atoms with Crippen molar-refractivity contribution in [1.82, 2.24) is 10.2 Å². The average molecular weight is 444 g/mol. The molecule has 33 heavy (non-hydrogen) atoms. The van der Waals surface area contributed by atoms with Crippen molar-refractivity contribution >= 4 is 23.4 Å². The second-order valence-corrected chi connectivity index (χ2v) is 8.49. The van der Waals surface area contributed by atoms with E-state index in [-0.39, 0.29) is 24.3 Å². The third-order valence-electron chi connectivity index (χ3n) is 6.24. The number of hydrogen-bond acceptors (Lipinski definition) is 4. The summed E-state index contributed by atoms with van der Waals surface area (Å²) in [7, 11) is 0. The van der Waals surface area contributed by atoms with Crippen LogP contribution in [0.1, 0.15) is 50.6 Å². The molecule has 0 saturated carbocycles. The number of carbonyl (C=O) groups is 3. The Kier molecular flexibility index (Phi) is 5.46. The number of aryl methyl sites for hydroxylation is 1. The van der Waals surface area contributed by atoms with Gasteiger partial charge in [-0.3, -0.25) is 14.4 Å². The molecule has 3 heterocycles. The molecule has 7 heteroatoms. The van der Waals surface area contributed by atoms with E-state index in [4.69, 9.17) is 4.42 Å². The zero-order chi connectivity index (χ0) is 22.9. The Morgan fingerprint density at radius 1 is 1.09 bits per heavy atom. The predicted octanol–water partition coefficient (Wildman–Crippen LogP) is 3.67. The van der Waals surface area contributed by atoms with Crippen molar-refractivity contribution in [2.45, 2.75) is 38.9 Å². The summed E-state index contributed by atoms with van der Waals surface area (Å²) >= 11 is 0. The highest BCUT2D eigenvalue weighted by Crippen LogP contribution is 2.33. The van der Waals surface area contributed by atoms with E-state index in [0.717, 1.165) is 17.7 Å². The molecule has 1 fully saturated rings. The highest BCUT2D eigenvalue weighted by molar-refractivity contribution is 6.11. The van der Waals surface area contributed by atoms with Crippen LogP contribution in [-0.2, 0) is 17.9 Å². The van der Waals surface area contributed by atoms with E-state index in [1.54, 1.807) is 28.0 Å². The zero-order valence-electron chi connectivity index (χ0n) is 18.4. The van der Waals surface area contributed by atoms with Gasteiger partial charge < -0.3 is 19.5 Å². The largest absolute Gasteiger partial charge is 0.465 e. The van der Waals surface area contributed by atoms with Gasteiger partial charge in [0.25, 0.3) is 11.8 Å². The molecule has 2 aliphatic rings. The predicted molar refractivity (Wildman–Crippen MR) is 123 cm³/mol. The Labute approximate surface area is 192 Å². The fraction of sp³-hybridized carbons (Fsp3) is 0.269. The van der Waals surface area contributed by atoms with E-state index in [1.807, 2.05) is 49.4 Å². The lowest BCUT2D eigenvalue weighted by molar-refractivity contribution is -0.122. The molecular formula is C26H25N3O4. The van der Waals surface area contributed by atoms with Crippen LogP contribution < -0.4 is 10.2 Å². The molecular weight excluding hydrogens is 418 g/mol. The van der Waals surface area contributed by atoms with E-state index in [9.17, 15) is 14.4 Å². The summed E-state index contributed by atoms with van der Waals surface area (Å²) < 4.78 is 5.50. The van der Waals surface area contributed by atoms with Crippen LogP contribution in [0.5, 0.6) is 0 Å². The van der Waals surface area contributed by atoms with Crippen molar-refractivity contribution in [3.63, 3.8) is 0 Å². The smallest absolute Gasteiger partial charge is 0.256 e. The van der Waals surface area contributed by atoms with Gasteiger partial charge in [0, 0.05) is 12.1 Å². The minimum absolute atomic E-state index is 0.0751. The second-order valence-electron chi connectivity index (χ2n) is 8.49. The van der Waals surface area contributed by atoms with Gasteiger partial charge in [-0.1, -0.05) is 24.3 Å². The monoisotopic (exact) mass is 443 g/mol. The minimum atomic E-state index is -0.437. The summed E-state index contributed by atoms with van der Waals surface area (Å²) in [6, 6.07) is 17.7. The summed E-state index contributed by atoms with van der Waals surface area (Å²) in [5.41, 5.74) is 2.48. The van der Waals surface area contributed by atoms with E-state index >= 15 is 0 Å². The molecule has 3 amide bonds. The number of para-hydroxylation sites is 1. The van der Waals surface area contributed by atoms with Crippen LogP contribution in [0, 0.1) is 6.92 Å². The van der Waals surface area contributed by atoms with E-state index in [2.05, 4.69) is 5.32 Å². The zero-order valence-corrected chi connectivity index (χ0v) is 18.4. The van der Waals surface area contributed by atoms with Gasteiger partial charge in [0.05, 0.1) is 24.3 Å². The van der Waals surface area contributed by atoms with Gasteiger partial charge in [-0.25, -0.2) is 0 Å². The van der Waals surface area contributed by atoms with Gasteiger partial charge in [-0.15, -0.1) is 0 Å². The quantitative estimate of drug-likeness (QED) is 0.652. The lowest BCUT2D eigenvalue weighted by atomic mass is 10.1. The highest BCUT2D eigenvalue weighted by atomic mass is 16.3. The number of hydrogen-bond donors (Lipinski definition) is 1. The average Bonchev–Trinajstić information content (AvgIpc) is 3.48. The summed E-state index contributed by atoms with van der Waals surface area (Å²) in [6.45, 7) is 3.04. The summed E-state index contributed by atoms with van der Waals surface area (Å²) in [5, 5.41) is 2.87. The number of nitrogens with zero attached hydrogens (tertiary/aromatic N) is 2. The lowest BCUT2D eigenvalue weighted by Gasteiger charge is -2.26. The van der Waals surface area contributed by atoms with Crippen LogP contribution in [0.4, 0.5) is 5.69 Å². The van der Waals surface area contributed by atoms with Crippen LogP contribution in [0.3, 0.4) is 0 Å².